The number of anilines is 3. The summed E-state index contributed by atoms with van der Waals surface area (Å²) < 4.78 is 35.5. The molecule has 1 heterocycles. The molecule has 258 valence electrons. The van der Waals surface area contributed by atoms with Crippen LogP contribution in [0.1, 0.15) is 0 Å². The molecule has 1 aliphatic rings. The van der Waals surface area contributed by atoms with Gasteiger partial charge in [-0.05, 0) is 109 Å². The lowest BCUT2D eigenvalue weighted by Gasteiger charge is -2.43. The molecule has 2 atom stereocenters. The summed E-state index contributed by atoms with van der Waals surface area (Å²) in [5, 5.41) is 0. The van der Waals surface area contributed by atoms with Gasteiger partial charge in [-0.3, -0.25) is 0 Å². The molecule has 0 aliphatic carbocycles. The Morgan fingerprint density at radius 3 is 1.29 bits per heavy atom. The Kier molecular flexibility index (Phi) is 10.4. The molecule has 15 heteroatoms. The predicted molar refractivity (Wildman–Crippen MR) is 203 cm³/mol. The second kappa shape index (κ2) is 15.6. The Morgan fingerprint density at radius 2 is 0.824 bits per heavy atom. The van der Waals surface area contributed by atoms with Crippen LogP contribution >= 0.6 is 24.6 Å². The van der Waals surface area contributed by atoms with Crippen molar-refractivity contribution in [3.8, 4) is 34.5 Å². The summed E-state index contributed by atoms with van der Waals surface area (Å²) in [6, 6.07) is 48.6. The molecule has 0 amide bonds. The van der Waals surface area contributed by atoms with Gasteiger partial charge in [0.25, 0.3) is 0 Å². The van der Waals surface area contributed by atoms with Crippen molar-refractivity contribution in [1.29, 1.82) is 0 Å². The molecule has 12 nitrogen and oxygen atoms in total. The maximum Gasteiger partial charge on any atom is 0.447 e. The summed E-state index contributed by atoms with van der Waals surface area (Å²) in [4.78, 5) is 13.4. The first-order valence-corrected chi connectivity index (χ1v) is 19.4. The number of nitrogens with two attached hydrogens (primary N) is 3. The van der Waals surface area contributed by atoms with Crippen LogP contribution in [-0.2, 0) is 0 Å². The Labute approximate surface area is 297 Å². The van der Waals surface area contributed by atoms with E-state index < -0.39 is 24.6 Å². The number of benzene rings is 6. The van der Waals surface area contributed by atoms with Crippen molar-refractivity contribution in [3.05, 3.63) is 164 Å². The SMILES string of the molecule is Nc1ccc(ON2P(Oc3ccccc3)N=P(Oc3ccccc3)(Oc3ccccc3)N(Oc3ccc(N)cc3)P2Oc2ccc(N)cc2)cc1. The van der Waals surface area contributed by atoms with Crippen LogP contribution in [-0.4, -0.2) is 9.21 Å². The van der Waals surface area contributed by atoms with Crippen molar-refractivity contribution in [1.82, 2.24) is 9.21 Å². The molecule has 2 unspecified atom stereocenters. The fourth-order valence-electron chi connectivity index (χ4n) is 4.48. The second-order valence-corrected chi connectivity index (χ2v) is 16.3. The van der Waals surface area contributed by atoms with Crippen molar-refractivity contribution < 1.29 is 27.8 Å². The molecule has 0 saturated carbocycles. The number of hydrogen-bond acceptors (Lipinski definition) is 12. The van der Waals surface area contributed by atoms with E-state index in [1.54, 1.807) is 72.8 Å². The minimum atomic E-state index is -3.82. The normalized spacial score (nSPS) is 17.0. The fourth-order valence-corrected chi connectivity index (χ4v) is 12.0. The van der Waals surface area contributed by atoms with Crippen molar-refractivity contribution >= 4 is 41.6 Å². The molecule has 0 spiro atoms. The Hall–Kier alpha value is -5.47. The number of para-hydroxylation sites is 3. The van der Waals surface area contributed by atoms with E-state index in [0.717, 1.165) is 0 Å². The highest BCUT2D eigenvalue weighted by molar-refractivity contribution is 7.78. The number of nitrogens with zero attached hydrogens (tertiary/aromatic N) is 3. The van der Waals surface area contributed by atoms with E-state index in [4.69, 9.17) is 49.5 Å². The molecule has 0 saturated heterocycles. The smallest absolute Gasteiger partial charge is 0.440 e. The summed E-state index contributed by atoms with van der Waals surface area (Å²) in [6.07, 6.45) is 0. The molecule has 6 aromatic rings. The zero-order valence-corrected chi connectivity index (χ0v) is 29.6. The van der Waals surface area contributed by atoms with Crippen LogP contribution in [0.3, 0.4) is 0 Å². The molecule has 51 heavy (non-hydrogen) atoms. The van der Waals surface area contributed by atoms with Gasteiger partial charge in [0.05, 0.1) is 0 Å². The third kappa shape index (κ3) is 8.47. The van der Waals surface area contributed by atoms with Gasteiger partial charge in [0, 0.05) is 26.3 Å². The van der Waals surface area contributed by atoms with Crippen molar-refractivity contribution in [3.63, 3.8) is 0 Å². The highest BCUT2D eigenvalue weighted by Gasteiger charge is 2.58. The molecular formula is C36H33N6O6P3. The fraction of sp³-hybridized carbons (Fsp3) is 0. The van der Waals surface area contributed by atoms with Gasteiger partial charge in [0.15, 0.2) is 0 Å². The first-order valence-electron chi connectivity index (χ1n) is 15.6. The Morgan fingerprint density at radius 1 is 0.431 bits per heavy atom. The lowest BCUT2D eigenvalue weighted by Crippen LogP contribution is -2.37. The molecular weight excluding hydrogens is 705 g/mol. The summed E-state index contributed by atoms with van der Waals surface area (Å²) >= 11 is 0. The maximum absolute atomic E-state index is 6.88. The molecule has 0 aromatic heterocycles. The zero-order valence-electron chi connectivity index (χ0n) is 27.0. The van der Waals surface area contributed by atoms with Gasteiger partial charge >= 0.3 is 24.6 Å². The van der Waals surface area contributed by atoms with Crippen molar-refractivity contribution in [2.24, 2.45) is 4.52 Å². The van der Waals surface area contributed by atoms with Crippen LogP contribution in [0.4, 0.5) is 17.1 Å². The Balaban J connectivity index is 1.47. The van der Waals surface area contributed by atoms with E-state index in [9.17, 15) is 0 Å². The van der Waals surface area contributed by atoms with E-state index >= 15 is 0 Å². The van der Waals surface area contributed by atoms with Gasteiger partial charge in [-0.1, -0.05) is 54.6 Å². The lowest BCUT2D eigenvalue weighted by molar-refractivity contribution is 0.0546. The number of rotatable bonds is 12. The van der Waals surface area contributed by atoms with Gasteiger partial charge in [0.1, 0.15) is 34.5 Å². The van der Waals surface area contributed by atoms with Crippen LogP contribution in [0, 0.1) is 0 Å². The molecule has 6 N–H and O–H groups in total. The van der Waals surface area contributed by atoms with Crippen LogP contribution in [0.15, 0.2) is 168 Å². The van der Waals surface area contributed by atoms with Gasteiger partial charge < -0.3 is 45.0 Å². The first kappa shape index (κ1) is 34.0. The highest BCUT2D eigenvalue weighted by Crippen LogP contribution is 2.77. The van der Waals surface area contributed by atoms with E-state index in [-0.39, 0.29) is 0 Å². The number of nitrogen functional groups attached to an aromatic ring is 3. The Bertz CT molecular complexity index is 2020. The third-order valence-electron chi connectivity index (χ3n) is 6.91. The lowest BCUT2D eigenvalue weighted by atomic mass is 10.3. The summed E-state index contributed by atoms with van der Waals surface area (Å²) in [7, 11) is -8.19. The third-order valence-corrected chi connectivity index (χ3v) is 13.8. The summed E-state index contributed by atoms with van der Waals surface area (Å²) in [5.74, 6) is 2.80. The summed E-state index contributed by atoms with van der Waals surface area (Å²) in [6.45, 7) is 0. The van der Waals surface area contributed by atoms with Crippen LogP contribution in [0.2, 0.25) is 0 Å². The molecule has 0 radical (unpaired) electrons. The topological polar surface area (TPSA) is 152 Å². The number of hydrogen-bond donors (Lipinski definition) is 3. The molecule has 0 bridgehead atoms. The molecule has 6 aromatic carbocycles. The molecule has 1 aliphatic heterocycles. The van der Waals surface area contributed by atoms with E-state index in [2.05, 4.69) is 0 Å². The van der Waals surface area contributed by atoms with Gasteiger partial charge in [-0.25, -0.2) is 0 Å². The van der Waals surface area contributed by atoms with Crippen LogP contribution < -0.4 is 45.0 Å². The predicted octanol–water partition coefficient (Wildman–Crippen LogP) is 10.1. The largest absolute Gasteiger partial charge is 0.447 e. The highest BCUT2D eigenvalue weighted by atomic mass is 31.3. The van der Waals surface area contributed by atoms with Crippen molar-refractivity contribution in [2.45, 2.75) is 0 Å². The van der Waals surface area contributed by atoms with Gasteiger partial charge in [-0.15, -0.1) is 4.52 Å². The van der Waals surface area contributed by atoms with Gasteiger partial charge in [-0.2, -0.15) is 0 Å². The standard InChI is InChI=1S/C36H33N6O6P3/c37-28-16-22-31(23-17-28)43-41-49(45-33-10-4-1-5-11-33)40-51(47-35-12-6-2-7-13-35,48-36-14-8-3-9-15-36)42(44-32-24-18-29(38)19-25-32)50(41)46-34-26-20-30(39)21-27-34/h1-27H,37-39H2. The average molecular weight is 739 g/mol. The maximum atomic E-state index is 6.88. The summed E-state index contributed by atoms with van der Waals surface area (Å²) in [5.41, 5.74) is 19.8. The van der Waals surface area contributed by atoms with Crippen LogP contribution in [0.5, 0.6) is 34.5 Å². The zero-order chi connectivity index (χ0) is 35.0. The van der Waals surface area contributed by atoms with Crippen LogP contribution in [0.25, 0.3) is 0 Å². The van der Waals surface area contributed by atoms with Gasteiger partial charge in [0.2, 0.25) is 0 Å². The van der Waals surface area contributed by atoms with E-state index in [1.807, 2.05) is 91.0 Å². The van der Waals surface area contributed by atoms with E-state index in [0.29, 0.717) is 51.6 Å². The van der Waals surface area contributed by atoms with Crippen molar-refractivity contribution in [2.75, 3.05) is 17.2 Å². The minimum Gasteiger partial charge on any atom is -0.440 e. The minimum absolute atomic E-state index is 0.410. The molecule has 7 rings (SSSR count). The molecule has 0 fully saturated rings. The van der Waals surface area contributed by atoms with E-state index in [1.165, 1.54) is 9.21 Å². The first-order chi connectivity index (χ1) is 24.9. The monoisotopic (exact) mass is 738 g/mol. The average Bonchev–Trinajstić information content (AvgIpc) is 3.15. The quantitative estimate of drug-likeness (QED) is 0.0812. The second-order valence-electron chi connectivity index (χ2n) is 10.8.